The summed E-state index contributed by atoms with van der Waals surface area (Å²) in [7, 11) is 0. The zero-order valence-electron chi connectivity index (χ0n) is 20.0. The molecule has 0 radical (unpaired) electrons. The van der Waals surface area contributed by atoms with E-state index in [0.717, 1.165) is 3.57 Å². The minimum Gasteiger partial charge on any atom is -0.482 e. The smallest absolute Gasteiger partial charge is 0.247 e. The molecule has 4 unspecified atom stereocenters. The highest BCUT2D eigenvalue weighted by Crippen LogP contribution is 2.31. The number of hydrogen-bond donors (Lipinski definition) is 3. The quantitative estimate of drug-likeness (QED) is 0.245. The van der Waals surface area contributed by atoms with E-state index in [-0.39, 0.29) is 37.3 Å². The lowest BCUT2D eigenvalue weighted by molar-refractivity contribution is -0.143. The van der Waals surface area contributed by atoms with E-state index in [2.05, 4.69) is 27.9 Å². The fourth-order valence-corrected chi connectivity index (χ4v) is 4.87. The molecule has 194 valence electrons. The van der Waals surface area contributed by atoms with Gasteiger partial charge in [-0.1, -0.05) is 12.1 Å². The van der Waals surface area contributed by atoms with E-state index in [9.17, 15) is 14.7 Å². The van der Waals surface area contributed by atoms with Gasteiger partial charge in [-0.25, -0.2) is 0 Å². The molecule has 9 nitrogen and oxygen atoms in total. The molecule has 1 aliphatic heterocycles. The maximum absolute atomic E-state index is 13.5. The molecular formula is C25H35IN2O7. The summed E-state index contributed by atoms with van der Waals surface area (Å²) >= 11 is 2.15. The lowest BCUT2D eigenvalue weighted by Crippen LogP contribution is -2.56. The first-order chi connectivity index (χ1) is 17.0. The predicted molar refractivity (Wildman–Crippen MR) is 138 cm³/mol. The van der Waals surface area contributed by atoms with Gasteiger partial charge in [0.2, 0.25) is 11.8 Å². The van der Waals surface area contributed by atoms with E-state index in [1.165, 1.54) is 0 Å². The zero-order valence-corrected chi connectivity index (χ0v) is 22.2. The van der Waals surface area contributed by atoms with Crippen molar-refractivity contribution in [1.29, 1.82) is 0 Å². The molecule has 3 rings (SSSR count). The van der Waals surface area contributed by atoms with Crippen LogP contribution in [0.4, 0.5) is 0 Å². The van der Waals surface area contributed by atoms with Crippen molar-refractivity contribution in [3.05, 3.63) is 39.5 Å². The summed E-state index contributed by atoms with van der Waals surface area (Å²) in [6, 6.07) is 6.77. The minimum atomic E-state index is -1.04. The van der Waals surface area contributed by atoms with E-state index in [1.54, 1.807) is 17.0 Å². The average Bonchev–Trinajstić information content (AvgIpc) is 3.40. The second-order valence-electron chi connectivity index (χ2n) is 8.59. The topological polar surface area (TPSA) is 118 Å². The van der Waals surface area contributed by atoms with Crippen molar-refractivity contribution in [1.82, 2.24) is 10.2 Å². The number of carbonyl (C=O) groups excluding carboxylic acids is 2. The zero-order chi connectivity index (χ0) is 25.2. The standard InChI is InChI=1S/C25H35IN2O7/c1-2-33-12-5-10-28(25(32)17-8-13-34-16-17)20-14-18(24(31)27-9-11-29)15-22(23(20)30)35-21-7-4-3-6-19(21)26/h3-4,6-7,15,17,20,22-23,29-30H,2,5,8-14,16H2,1H3,(H,27,31). The molecular weight excluding hydrogens is 567 g/mol. The van der Waals surface area contributed by atoms with Gasteiger partial charge >= 0.3 is 0 Å². The van der Waals surface area contributed by atoms with Gasteiger partial charge in [0.25, 0.3) is 0 Å². The molecule has 1 aliphatic carbocycles. The molecule has 0 spiro atoms. The highest BCUT2D eigenvalue weighted by atomic mass is 127. The van der Waals surface area contributed by atoms with E-state index < -0.39 is 18.2 Å². The van der Waals surface area contributed by atoms with Crippen molar-refractivity contribution in [2.45, 2.75) is 44.4 Å². The number of amides is 2. The second kappa shape index (κ2) is 14.1. The molecule has 1 heterocycles. The summed E-state index contributed by atoms with van der Waals surface area (Å²) in [4.78, 5) is 28.1. The van der Waals surface area contributed by atoms with Crippen molar-refractivity contribution >= 4 is 34.4 Å². The number of para-hydroxylation sites is 1. The van der Waals surface area contributed by atoms with Gasteiger partial charge in [0.1, 0.15) is 18.0 Å². The molecule has 1 aromatic carbocycles. The van der Waals surface area contributed by atoms with Crippen molar-refractivity contribution in [2.75, 3.05) is 46.1 Å². The van der Waals surface area contributed by atoms with E-state index in [4.69, 9.17) is 19.3 Å². The first-order valence-corrected chi connectivity index (χ1v) is 13.2. The molecule has 0 aromatic heterocycles. The van der Waals surface area contributed by atoms with Crippen LogP contribution in [-0.2, 0) is 19.1 Å². The second-order valence-corrected chi connectivity index (χ2v) is 9.75. The first-order valence-electron chi connectivity index (χ1n) is 12.1. The van der Waals surface area contributed by atoms with Crippen LogP contribution in [0.2, 0.25) is 0 Å². The Kier molecular flexibility index (Phi) is 11.2. The maximum Gasteiger partial charge on any atom is 0.247 e. The molecule has 1 saturated heterocycles. The maximum atomic E-state index is 13.5. The number of nitrogens with one attached hydrogen (secondary N) is 1. The number of nitrogens with zero attached hydrogens (tertiary/aromatic N) is 1. The molecule has 3 N–H and O–H groups in total. The molecule has 10 heteroatoms. The Labute approximate surface area is 219 Å². The van der Waals surface area contributed by atoms with Crippen LogP contribution in [0, 0.1) is 9.49 Å². The third kappa shape index (κ3) is 7.63. The number of halogens is 1. The fourth-order valence-electron chi connectivity index (χ4n) is 4.35. The van der Waals surface area contributed by atoms with Crippen molar-refractivity contribution in [3.63, 3.8) is 0 Å². The van der Waals surface area contributed by atoms with Gasteiger partial charge in [0.05, 0.1) is 28.7 Å². The van der Waals surface area contributed by atoms with Gasteiger partial charge in [-0.05, 0) is 60.6 Å². The summed E-state index contributed by atoms with van der Waals surface area (Å²) in [6.07, 6.45) is 1.16. The van der Waals surface area contributed by atoms with E-state index in [1.807, 2.05) is 25.1 Å². The van der Waals surface area contributed by atoms with Crippen LogP contribution in [0.5, 0.6) is 5.75 Å². The monoisotopic (exact) mass is 602 g/mol. The summed E-state index contributed by atoms with van der Waals surface area (Å²) in [6.45, 7) is 4.19. The largest absolute Gasteiger partial charge is 0.482 e. The van der Waals surface area contributed by atoms with Crippen LogP contribution < -0.4 is 10.1 Å². The van der Waals surface area contributed by atoms with E-state index >= 15 is 0 Å². The van der Waals surface area contributed by atoms with Crippen molar-refractivity contribution in [2.24, 2.45) is 5.92 Å². The number of aliphatic hydroxyl groups is 2. The highest BCUT2D eigenvalue weighted by Gasteiger charge is 2.42. The molecule has 1 fully saturated rings. The van der Waals surface area contributed by atoms with Crippen molar-refractivity contribution in [3.8, 4) is 5.75 Å². The number of benzene rings is 1. The first kappa shape index (κ1) is 27.9. The van der Waals surface area contributed by atoms with Gasteiger partial charge in [0.15, 0.2) is 0 Å². The summed E-state index contributed by atoms with van der Waals surface area (Å²) in [5.74, 6) is -0.129. The third-order valence-corrected chi connectivity index (χ3v) is 7.06. The normalized spacial score (nSPS) is 24.1. The fraction of sp³-hybridized carbons (Fsp3) is 0.600. The Bertz CT molecular complexity index is 875. The minimum absolute atomic E-state index is 0.0897. The molecule has 0 bridgehead atoms. The number of carbonyl (C=O) groups is 2. The SMILES string of the molecule is CCOCCCN(C(=O)C1CCOC1)C1CC(C(=O)NCCO)=CC(Oc2ccccc2I)C1O. The lowest BCUT2D eigenvalue weighted by atomic mass is 9.87. The molecule has 2 amide bonds. The van der Waals surface area contributed by atoms with Crippen LogP contribution in [0.25, 0.3) is 0 Å². The molecule has 2 aliphatic rings. The lowest BCUT2D eigenvalue weighted by Gasteiger charge is -2.41. The summed E-state index contributed by atoms with van der Waals surface area (Å²) in [5.41, 5.74) is 0.412. The highest BCUT2D eigenvalue weighted by molar-refractivity contribution is 14.1. The Morgan fingerprint density at radius 2 is 2.11 bits per heavy atom. The van der Waals surface area contributed by atoms with Crippen molar-refractivity contribution < 1.29 is 34.0 Å². The van der Waals surface area contributed by atoms with Gasteiger partial charge in [-0.3, -0.25) is 9.59 Å². The van der Waals surface area contributed by atoms with E-state index in [0.29, 0.717) is 57.1 Å². The van der Waals surface area contributed by atoms with Crippen LogP contribution >= 0.6 is 22.6 Å². The Morgan fingerprint density at radius 3 is 2.80 bits per heavy atom. The van der Waals surface area contributed by atoms with Gasteiger partial charge in [-0.15, -0.1) is 0 Å². The number of hydrogen-bond acceptors (Lipinski definition) is 7. The van der Waals surface area contributed by atoms with Crippen LogP contribution in [-0.4, -0.2) is 91.3 Å². The summed E-state index contributed by atoms with van der Waals surface area (Å²) < 4.78 is 17.9. The number of aliphatic hydroxyl groups excluding tert-OH is 2. The molecule has 1 aromatic rings. The molecule has 4 atom stereocenters. The van der Waals surface area contributed by atoms with Gasteiger partial charge < -0.3 is 34.6 Å². The van der Waals surface area contributed by atoms with Crippen LogP contribution in [0.3, 0.4) is 0 Å². The molecule has 35 heavy (non-hydrogen) atoms. The van der Waals surface area contributed by atoms with Gasteiger partial charge in [0, 0.05) is 44.9 Å². The summed E-state index contributed by atoms with van der Waals surface area (Å²) in [5, 5.41) is 23.2. The third-order valence-electron chi connectivity index (χ3n) is 6.17. The Hall–Kier alpha value is -1.73. The average molecular weight is 602 g/mol. The van der Waals surface area contributed by atoms with Crippen LogP contribution in [0.15, 0.2) is 35.9 Å². The van der Waals surface area contributed by atoms with Crippen LogP contribution in [0.1, 0.15) is 26.2 Å². The predicted octanol–water partition coefficient (Wildman–Crippen LogP) is 1.50. The Balaban J connectivity index is 1.89. The number of rotatable bonds is 12. The Morgan fingerprint density at radius 1 is 1.31 bits per heavy atom. The van der Waals surface area contributed by atoms with Gasteiger partial charge in [-0.2, -0.15) is 0 Å². The molecule has 0 saturated carbocycles. The number of ether oxygens (including phenoxy) is 3.